The zero-order valence-corrected chi connectivity index (χ0v) is 15.0. The van der Waals surface area contributed by atoms with E-state index in [2.05, 4.69) is 55.1 Å². The van der Waals surface area contributed by atoms with Crippen LogP contribution in [0, 0.1) is 6.92 Å². The van der Waals surface area contributed by atoms with Crippen molar-refractivity contribution in [2.45, 2.75) is 39.5 Å². The van der Waals surface area contributed by atoms with Crippen molar-refractivity contribution < 1.29 is 9.53 Å². The van der Waals surface area contributed by atoms with Gasteiger partial charge in [-0.1, -0.05) is 38.5 Å². The third kappa shape index (κ3) is 4.31. The summed E-state index contributed by atoms with van der Waals surface area (Å²) in [6, 6.07) is 4.28. The van der Waals surface area contributed by atoms with Gasteiger partial charge in [0.15, 0.2) is 0 Å². The zero-order valence-electron chi connectivity index (χ0n) is 15.0. The molecule has 1 aromatic carbocycles. The summed E-state index contributed by atoms with van der Waals surface area (Å²) in [5, 5.41) is 2.88. The summed E-state index contributed by atoms with van der Waals surface area (Å²) in [5.41, 5.74) is 3.79. The van der Waals surface area contributed by atoms with Crippen LogP contribution >= 0.6 is 0 Å². The van der Waals surface area contributed by atoms with E-state index < -0.39 is 0 Å². The zero-order chi connectivity index (χ0) is 17.7. The molecule has 0 radical (unpaired) electrons. The fraction of sp³-hybridized carbons (Fsp3) is 0.421. The first-order chi connectivity index (χ1) is 11.3. The van der Waals surface area contributed by atoms with Gasteiger partial charge >= 0.3 is 0 Å². The first kappa shape index (κ1) is 17.9. The lowest BCUT2D eigenvalue weighted by molar-refractivity contribution is 0.0948. The van der Waals surface area contributed by atoms with Crippen LogP contribution in [0.25, 0.3) is 0 Å². The Balaban J connectivity index is 2.12. The number of rotatable bonds is 5. The van der Waals surface area contributed by atoms with Crippen molar-refractivity contribution >= 4 is 5.91 Å². The molecule has 0 fully saturated rings. The lowest BCUT2D eigenvalue weighted by atomic mass is 9.83. The second-order valence-electron chi connectivity index (χ2n) is 6.85. The summed E-state index contributed by atoms with van der Waals surface area (Å²) in [7, 11) is 1.70. The summed E-state index contributed by atoms with van der Waals surface area (Å²) in [6.07, 6.45) is 5.21. The van der Waals surface area contributed by atoms with Crippen molar-refractivity contribution in [1.82, 2.24) is 15.3 Å². The molecule has 1 amide bonds. The van der Waals surface area contributed by atoms with Crippen LogP contribution in [0.2, 0.25) is 0 Å². The van der Waals surface area contributed by atoms with Crippen molar-refractivity contribution in [2.75, 3.05) is 13.7 Å². The van der Waals surface area contributed by atoms with Crippen molar-refractivity contribution in [1.29, 1.82) is 0 Å². The minimum Gasteiger partial charge on any atom is -0.496 e. The SMILES string of the molecule is COc1c(CCNC(=O)c2cnccn2)cc(C)cc1C(C)(C)C. The molecule has 128 valence electrons. The number of carbonyl (C=O) groups is 1. The van der Waals surface area contributed by atoms with Gasteiger partial charge in [-0.3, -0.25) is 9.78 Å². The number of benzene rings is 1. The minimum absolute atomic E-state index is 0.00497. The molecule has 5 heteroatoms. The third-order valence-electron chi connectivity index (χ3n) is 3.80. The molecule has 0 saturated carbocycles. The Hall–Kier alpha value is -2.43. The summed E-state index contributed by atoms with van der Waals surface area (Å²) < 4.78 is 5.67. The molecule has 0 aliphatic carbocycles. The van der Waals surface area contributed by atoms with Crippen molar-refractivity contribution in [3.05, 3.63) is 53.1 Å². The number of hydrogen-bond acceptors (Lipinski definition) is 4. The fourth-order valence-electron chi connectivity index (χ4n) is 2.65. The van der Waals surface area contributed by atoms with Gasteiger partial charge in [0.25, 0.3) is 5.91 Å². The lowest BCUT2D eigenvalue weighted by Crippen LogP contribution is -2.27. The summed E-state index contributed by atoms with van der Waals surface area (Å²) in [4.78, 5) is 19.9. The van der Waals surface area contributed by atoms with Crippen molar-refractivity contribution in [3.8, 4) is 5.75 Å². The van der Waals surface area contributed by atoms with E-state index in [4.69, 9.17) is 4.74 Å². The van der Waals surface area contributed by atoms with E-state index in [1.807, 2.05) is 0 Å². The van der Waals surface area contributed by atoms with E-state index >= 15 is 0 Å². The van der Waals surface area contributed by atoms with Gasteiger partial charge in [-0.05, 0) is 24.3 Å². The molecule has 0 spiro atoms. The molecule has 0 atom stereocenters. The summed E-state index contributed by atoms with van der Waals surface area (Å²) >= 11 is 0. The predicted octanol–water partition coefficient (Wildman–Crippen LogP) is 3.06. The highest BCUT2D eigenvalue weighted by Crippen LogP contribution is 2.35. The number of methoxy groups -OCH3 is 1. The van der Waals surface area contributed by atoms with E-state index in [1.54, 1.807) is 13.3 Å². The van der Waals surface area contributed by atoms with E-state index in [-0.39, 0.29) is 11.3 Å². The van der Waals surface area contributed by atoms with Crippen LogP contribution in [0.5, 0.6) is 5.75 Å². The highest BCUT2D eigenvalue weighted by Gasteiger charge is 2.21. The summed E-state index contributed by atoms with van der Waals surface area (Å²) in [6.45, 7) is 9.10. The van der Waals surface area contributed by atoms with Crippen LogP contribution in [-0.2, 0) is 11.8 Å². The molecular formula is C19H25N3O2. The Kier molecular flexibility index (Phi) is 5.54. The van der Waals surface area contributed by atoms with Gasteiger partial charge in [0, 0.05) is 24.5 Å². The highest BCUT2D eigenvalue weighted by atomic mass is 16.5. The molecule has 5 nitrogen and oxygen atoms in total. The molecule has 1 N–H and O–H groups in total. The topological polar surface area (TPSA) is 64.1 Å². The van der Waals surface area contributed by atoms with Gasteiger partial charge in [0.2, 0.25) is 0 Å². The summed E-state index contributed by atoms with van der Waals surface area (Å²) in [5.74, 6) is 0.688. The lowest BCUT2D eigenvalue weighted by Gasteiger charge is -2.25. The number of nitrogens with zero attached hydrogens (tertiary/aromatic N) is 2. The Bertz CT molecular complexity index is 707. The normalized spacial score (nSPS) is 11.2. The first-order valence-electron chi connectivity index (χ1n) is 8.05. The molecule has 1 heterocycles. The van der Waals surface area contributed by atoms with Crippen LogP contribution in [0.1, 0.15) is 48.0 Å². The van der Waals surface area contributed by atoms with E-state index in [0.717, 1.165) is 11.3 Å². The maximum absolute atomic E-state index is 12.0. The molecule has 0 aliphatic rings. The van der Waals surface area contributed by atoms with Gasteiger partial charge in [0.05, 0.1) is 13.3 Å². The third-order valence-corrected chi connectivity index (χ3v) is 3.80. The van der Waals surface area contributed by atoms with Crippen LogP contribution in [0.15, 0.2) is 30.7 Å². The second kappa shape index (κ2) is 7.43. The molecule has 2 rings (SSSR count). The molecule has 0 unspecified atom stereocenters. The quantitative estimate of drug-likeness (QED) is 0.916. The van der Waals surface area contributed by atoms with E-state index in [9.17, 15) is 4.79 Å². The standard InChI is InChI=1S/C19H25N3O2/c1-13-10-14(17(24-5)15(11-13)19(2,3)4)6-7-22-18(23)16-12-20-8-9-21-16/h8-12H,6-7H2,1-5H3,(H,22,23). The first-order valence-corrected chi connectivity index (χ1v) is 8.05. The van der Waals surface area contributed by atoms with E-state index in [1.165, 1.54) is 23.5 Å². The van der Waals surface area contributed by atoms with Gasteiger partial charge in [0.1, 0.15) is 11.4 Å². The maximum atomic E-state index is 12.0. The number of amides is 1. The smallest absolute Gasteiger partial charge is 0.271 e. The average molecular weight is 327 g/mol. The number of ether oxygens (including phenoxy) is 1. The average Bonchev–Trinajstić information content (AvgIpc) is 2.54. The predicted molar refractivity (Wildman–Crippen MR) is 94.5 cm³/mol. The second-order valence-corrected chi connectivity index (χ2v) is 6.85. The highest BCUT2D eigenvalue weighted by molar-refractivity contribution is 5.91. The Labute approximate surface area is 143 Å². The van der Waals surface area contributed by atoms with Gasteiger partial charge in [-0.2, -0.15) is 0 Å². The van der Waals surface area contributed by atoms with Gasteiger partial charge in [-0.15, -0.1) is 0 Å². The number of aromatic nitrogens is 2. The molecule has 0 bridgehead atoms. The van der Waals surface area contributed by atoms with Crippen molar-refractivity contribution in [3.63, 3.8) is 0 Å². The number of hydrogen-bond donors (Lipinski definition) is 1. The van der Waals surface area contributed by atoms with Crippen molar-refractivity contribution in [2.24, 2.45) is 0 Å². The molecular weight excluding hydrogens is 302 g/mol. The van der Waals surface area contributed by atoms with Gasteiger partial charge < -0.3 is 10.1 Å². The monoisotopic (exact) mass is 327 g/mol. The number of aryl methyl sites for hydroxylation is 1. The molecule has 1 aromatic heterocycles. The Morgan fingerprint density at radius 1 is 1.25 bits per heavy atom. The fourth-order valence-corrected chi connectivity index (χ4v) is 2.65. The largest absolute Gasteiger partial charge is 0.496 e. The number of nitrogens with one attached hydrogen (secondary N) is 1. The van der Waals surface area contributed by atoms with Crippen LogP contribution < -0.4 is 10.1 Å². The van der Waals surface area contributed by atoms with E-state index in [0.29, 0.717) is 18.7 Å². The minimum atomic E-state index is -0.217. The maximum Gasteiger partial charge on any atom is 0.271 e. The molecule has 0 saturated heterocycles. The molecule has 2 aromatic rings. The Morgan fingerprint density at radius 3 is 2.58 bits per heavy atom. The molecule has 24 heavy (non-hydrogen) atoms. The van der Waals surface area contributed by atoms with Crippen LogP contribution in [0.3, 0.4) is 0 Å². The number of carbonyl (C=O) groups excluding carboxylic acids is 1. The van der Waals surface area contributed by atoms with Crippen LogP contribution in [-0.4, -0.2) is 29.5 Å². The Morgan fingerprint density at radius 2 is 2.00 bits per heavy atom. The van der Waals surface area contributed by atoms with Gasteiger partial charge in [-0.25, -0.2) is 4.98 Å². The molecule has 0 aliphatic heterocycles. The van der Waals surface area contributed by atoms with Crippen LogP contribution in [0.4, 0.5) is 0 Å².